The molecule has 7 nitrogen and oxygen atoms in total. The smallest absolute Gasteiger partial charge is 0.311 e. The molecule has 0 aliphatic carbocycles. The Kier molecular flexibility index (Phi) is 3.90. The summed E-state index contributed by atoms with van der Waals surface area (Å²) in [4.78, 5) is 13.5. The molecule has 3 rings (SSSR count). The monoisotopic (exact) mass is 329 g/mol. The summed E-state index contributed by atoms with van der Waals surface area (Å²) < 4.78 is 50.3. The van der Waals surface area contributed by atoms with Gasteiger partial charge in [-0.05, 0) is 6.07 Å². The number of morpholine rings is 1. The zero-order chi connectivity index (χ0) is 16.6. The molecule has 0 saturated carbocycles. The van der Waals surface area contributed by atoms with E-state index in [2.05, 4.69) is 10.2 Å². The van der Waals surface area contributed by atoms with E-state index < -0.39 is 46.5 Å². The molecular formula is C13H10F3N3O4. The molecule has 0 radical (unpaired) electrons. The number of halogens is 3. The number of phenols is 1. The number of rotatable bonds is 2. The zero-order valence-corrected chi connectivity index (χ0v) is 11.6. The first-order chi connectivity index (χ1) is 11.0. The van der Waals surface area contributed by atoms with Crippen LogP contribution in [0.2, 0.25) is 0 Å². The van der Waals surface area contributed by atoms with Crippen LogP contribution in [0.25, 0.3) is 11.5 Å². The molecule has 1 aromatic carbocycles. The molecule has 23 heavy (non-hydrogen) atoms. The van der Waals surface area contributed by atoms with E-state index in [9.17, 15) is 23.1 Å². The molecule has 0 unspecified atom stereocenters. The van der Waals surface area contributed by atoms with Crippen molar-refractivity contribution in [2.45, 2.75) is 0 Å². The van der Waals surface area contributed by atoms with Gasteiger partial charge in [0.1, 0.15) is 0 Å². The first-order valence-electron chi connectivity index (χ1n) is 6.56. The van der Waals surface area contributed by atoms with Crippen LogP contribution in [0, 0.1) is 17.5 Å². The summed E-state index contributed by atoms with van der Waals surface area (Å²) in [6.07, 6.45) is 0. The Labute approximate surface area is 127 Å². The first kappa shape index (κ1) is 15.3. The Morgan fingerprint density at radius 1 is 1.17 bits per heavy atom. The molecular weight excluding hydrogens is 319 g/mol. The molecule has 1 fully saturated rings. The van der Waals surface area contributed by atoms with Crippen molar-refractivity contribution in [3.63, 3.8) is 0 Å². The lowest BCUT2D eigenvalue weighted by molar-refractivity contribution is 0.0278. The number of nitrogens with zero attached hydrogens (tertiary/aromatic N) is 3. The lowest BCUT2D eigenvalue weighted by atomic mass is 10.2. The fraction of sp³-hybridized carbons (Fsp3) is 0.308. The highest BCUT2D eigenvalue weighted by molar-refractivity contribution is 5.89. The van der Waals surface area contributed by atoms with Crippen LogP contribution in [0.15, 0.2) is 10.5 Å². The van der Waals surface area contributed by atoms with Gasteiger partial charge in [0.15, 0.2) is 17.4 Å². The molecule has 2 heterocycles. The molecule has 122 valence electrons. The Morgan fingerprint density at radius 3 is 2.57 bits per heavy atom. The third-order valence-corrected chi connectivity index (χ3v) is 3.27. The summed E-state index contributed by atoms with van der Waals surface area (Å²) in [5.41, 5.74) is -0.644. The molecule has 10 heteroatoms. The fourth-order valence-electron chi connectivity index (χ4n) is 2.07. The van der Waals surface area contributed by atoms with Crippen molar-refractivity contribution in [2.24, 2.45) is 0 Å². The van der Waals surface area contributed by atoms with Crippen molar-refractivity contribution < 1.29 is 32.2 Å². The van der Waals surface area contributed by atoms with Gasteiger partial charge in [0, 0.05) is 13.1 Å². The van der Waals surface area contributed by atoms with E-state index in [1.165, 1.54) is 4.90 Å². The minimum Gasteiger partial charge on any atom is -0.503 e. The number of benzene rings is 1. The molecule has 1 amide bonds. The van der Waals surface area contributed by atoms with Crippen molar-refractivity contribution in [3.8, 4) is 17.2 Å². The summed E-state index contributed by atoms with van der Waals surface area (Å²) in [6.45, 7) is 1.38. The molecule has 1 N–H and O–H groups in total. The highest BCUT2D eigenvalue weighted by Gasteiger charge is 2.27. The van der Waals surface area contributed by atoms with Gasteiger partial charge in [-0.2, -0.15) is 4.39 Å². The van der Waals surface area contributed by atoms with Gasteiger partial charge in [0.05, 0.1) is 18.8 Å². The lowest BCUT2D eigenvalue weighted by Gasteiger charge is -2.25. The third-order valence-electron chi connectivity index (χ3n) is 3.27. The standard InChI is InChI=1S/C13H10F3N3O4/c14-7-5-6(8(15)10(20)9(7)16)11-17-18-12(23-11)13(21)19-1-3-22-4-2-19/h5,20H,1-4H2. The molecule has 1 aliphatic rings. The zero-order valence-electron chi connectivity index (χ0n) is 11.6. The van der Waals surface area contributed by atoms with Crippen LogP contribution in [0.3, 0.4) is 0 Å². The van der Waals surface area contributed by atoms with Crippen LogP contribution in [0.4, 0.5) is 13.2 Å². The van der Waals surface area contributed by atoms with Crippen LogP contribution in [0.1, 0.15) is 10.7 Å². The lowest BCUT2D eigenvalue weighted by Crippen LogP contribution is -2.40. The second-order valence-corrected chi connectivity index (χ2v) is 4.70. The quantitative estimate of drug-likeness (QED) is 0.836. The Bertz CT molecular complexity index is 759. The molecule has 1 saturated heterocycles. The number of hydrogen-bond donors (Lipinski definition) is 1. The Balaban J connectivity index is 1.92. The summed E-state index contributed by atoms with van der Waals surface area (Å²) >= 11 is 0. The molecule has 0 bridgehead atoms. The van der Waals surface area contributed by atoms with E-state index in [0.29, 0.717) is 32.4 Å². The van der Waals surface area contributed by atoms with Crippen LogP contribution < -0.4 is 0 Å². The first-order valence-corrected chi connectivity index (χ1v) is 6.56. The number of amides is 1. The van der Waals surface area contributed by atoms with Gasteiger partial charge >= 0.3 is 11.8 Å². The van der Waals surface area contributed by atoms with Crippen molar-refractivity contribution in [3.05, 3.63) is 29.4 Å². The van der Waals surface area contributed by atoms with Gasteiger partial charge < -0.3 is 19.2 Å². The van der Waals surface area contributed by atoms with Crippen LogP contribution >= 0.6 is 0 Å². The maximum absolute atomic E-state index is 13.8. The number of hydrogen-bond acceptors (Lipinski definition) is 6. The van der Waals surface area contributed by atoms with Gasteiger partial charge in [-0.1, -0.05) is 0 Å². The normalized spacial score (nSPS) is 15.0. The topological polar surface area (TPSA) is 88.7 Å². The summed E-state index contributed by atoms with van der Waals surface area (Å²) in [5, 5.41) is 16.1. The van der Waals surface area contributed by atoms with Gasteiger partial charge in [-0.3, -0.25) is 4.79 Å². The van der Waals surface area contributed by atoms with Crippen LogP contribution in [-0.2, 0) is 4.74 Å². The Hall–Kier alpha value is -2.62. The van der Waals surface area contributed by atoms with Gasteiger partial charge in [0.2, 0.25) is 5.82 Å². The molecule has 0 atom stereocenters. The summed E-state index contributed by atoms with van der Waals surface area (Å²) in [6, 6.07) is 0.459. The largest absolute Gasteiger partial charge is 0.503 e. The van der Waals surface area contributed by atoms with E-state index in [1.54, 1.807) is 0 Å². The van der Waals surface area contributed by atoms with Crippen LogP contribution in [0.5, 0.6) is 5.75 Å². The van der Waals surface area contributed by atoms with Crippen molar-refractivity contribution in [1.29, 1.82) is 0 Å². The number of aromatic nitrogens is 2. The van der Waals surface area contributed by atoms with E-state index >= 15 is 0 Å². The number of carbonyl (C=O) groups is 1. The number of phenolic OH excluding ortho intramolecular Hbond substituents is 1. The van der Waals surface area contributed by atoms with E-state index in [-0.39, 0.29) is 0 Å². The predicted molar refractivity (Wildman–Crippen MR) is 68.0 cm³/mol. The average Bonchev–Trinajstić information content (AvgIpc) is 3.06. The summed E-state index contributed by atoms with van der Waals surface area (Å²) in [5.74, 6) is -7.73. The molecule has 2 aromatic rings. The van der Waals surface area contributed by atoms with Gasteiger partial charge in [0.25, 0.3) is 5.89 Å². The minimum absolute atomic E-state index is 0.330. The van der Waals surface area contributed by atoms with E-state index in [1.807, 2.05) is 0 Å². The second kappa shape index (κ2) is 5.88. The molecule has 1 aliphatic heterocycles. The maximum atomic E-state index is 13.8. The number of carbonyl (C=O) groups excluding carboxylic acids is 1. The number of ether oxygens (including phenoxy) is 1. The van der Waals surface area contributed by atoms with E-state index in [0.717, 1.165) is 0 Å². The Morgan fingerprint density at radius 2 is 1.87 bits per heavy atom. The van der Waals surface area contributed by atoms with Crippen molar-refractivity contribution >= 4 is 5.91 Å². The second-order valence-electron chi connectivity index (χ2n) is 4.70. The van der Waals surface area contributed by atoms with E-state index in [4.69, 9.17) is 9.15 Å². The van der Waals surface area contributed by atoms with Crippen molar-refractivity contribution in [2.75, 3.05) is 26.3 Å². The minimum atomic E-state index is -1.73. The predicted octanol–water partition coefficient (Wildman–Crippen LogP) is 1.33. The third kappa shape index (κ3) is 2.72. The van der Waals surface area contributed by atoms with Crippen LogP contribution in [-0.4, -0.2) is 52.4 Å². The molecule has 1 aromatic heterocycles. The van der Waals surface area contributed by atoms with Gasteiger partial charge in [-0.25, -0.2) is 8.78 Å². The summed E-state index contributed by atoms with van der Waals surface area (Å²) in [7, 11) is 0. The SMILES string of the molecule is O=C(c1nnc(-c2cc(F)c(F)c(O)c2F)o1)N1CCOCC1. The average molecular weight is 329 g/mol. The fourth-order valence-corrected chi connectivity index (χ4v) is 2.07. The highest BCUT2D eigenvalue weighted by Crippen LogP contribution is 2.31. The highest BCUT2D eigenvalue weighted by atomic mass is 19.2. The number of aromatic hydroxyl groups is 1. The maximum Gasteiger partial charge on any atom is 0.311 e. The van der Waals surface area contributed by atoms with Crippen molar-refractivity contribution in [1.82, 2.24) is 15.1 Å². The van der Waals surface area contributed by atoms with Gasteiger partial charge in [-0.15, -0.1) is 10.2 Å². The molecule has 0 spiro atoms.